The largest absolute Gasteiger partial charge is 0.375 e. The molecule has 2 heterocycles. The molecule has 1 amide bonds. The molecule has 0 saturated carbocycles. The summed E-state index contributed by atoms with van der Waals surface area (Å²) in [4.78, 5) is 21.7. The Morgan fingerprint density at radius 2 is 2.39 bits per heavy atom. The Kier molecular flexibility index (Phi) is 3.88. The van der Waals surface area contributed by atoms with E-state index in [1.54, 1.807) is 24.3 Å². The first kappa shape index (κ1) is 12.5. The van der Waals surface area contributed by atoms with E-state index in [1.807, 2.05) is 17.5 Å². The van der Waals surface area contributed by atoms with Crippen LogP contribution >= 0.6 is 11.3 Å². The number of nitrogens with zero attached hydrogens (tertiary/aromatic N) is 3. The standard InChI is InChI=1S/C12H14N4OS/c1-16(7-9-3-2-4-14-6-9)11(17)5-10-8-18-12(13)15-10/h2-4,6,8H,5,7H2,1H3,(H2,13,15). The van der Waals surface area contributed by atoms with Crippen LogP contribution in [0.15, 0.2) is 29.9 Å². The van der Waals surface area contributed by atoms with Crippen LogP contribution in [0.3, 0.4) is 0 Å². The molecule has 2 aromatic rings. The quantitative estimate of drug-likeness (QED) is 0.902. The third-order valence-corrected chi connectivity index (χ3v) is 3.19. The highest BCUT2D eigenvalue weighted by molar-refractivity contribution is 7.13. The highest BCUT2D eigenvalue weighted by Gasteiger charge is 2.12. The maximum Gasteiger partial charge on any atom is 0.228 e. The zero-order chi connectivity index (χ0) is 13.0. The zero-order valence-electron chi connectivity index (χ0n) is 10.0. The van der Waals surface area contributed by atoms with Gasteiger partial charge in [0.05, 0.1) is 12.1 Å². The number of rotatable bonds is 4. The monoisotopic (exact) mass is 262 g/mol. The molecule has 0 aliphatic heterocycles. The average Bonchev–Trinajstić information content (AvgIpc) is 2.76. The van der Waals surface area contributed by atoms with Crippen LogP contribution in [0.25, 0.3) is 0 Å². The van der Waals surface area contributed by atoms with Crippen LogP contribution in [0.1, 0.15) is 11.3 Å². The molecule has 0 aliphatic rings. The Bertz CT molecular complexity index is 526. The van der Waals surface area contributed by atoms with E-state index in [1.165, 1.54) is 11.3 Å². The maximum atomic E-state index is 12.0. The van der Waals surface area contributed by atoms with Crippen LogP contribution in [0.4, 0.5) is 5.13 Å². The molecule has 5 nitrogen and oxygen atoms in total. The van der Waals surface area contributed by atoms with Gasteiger partial charge in [0.2, 0.25) is 5.91 Å². The Balaban J connectivity index is 1.93. The number of thiazole rings is 1. The lowest BCUT2D eigenvalue weighted by Crippen LogP contribution is -2.27. The molecule has 2 rings (SSSR count). The molecule has 6 heteroatoms. The van der Waals surface area contributed by atoms with Gasteiger partial charge in [-0.2, -0.15) is 0 Å². The number of nitrogen functional groups attached to an aromatic ring is 1. The number of aromatic nitrogens is 2. The molecule has 0 fully saturated rings. The molecule has 2 N–H and O–H groups in total. The number of anilines is 1. The average molecular weight is 262 g/mol. The van der Waals surface area contributed by atoms with Gasteiger partial charge in [-0.15, -0.1) is 11.3 Å². The van der Waals surface area contributed by atoms with E-state index in [2.05, 4.69) is 9.97 Å². The topological polar surface area (TPSA) is 72.1 Å². The van der Waals surface area contributed by atoms with E-state index in [0.717, 1.165) is 11.3 Å². The normalized spacial score (nSPS) is 10.3. The molecule has 0 atom stereocenters. The van der Waals surface area contributed by atoms with E-state index < -0.39 is 0 Å². The molecule has 0 unspecified atom stereocenters. The van der Waals surface area contributed by atoms with Crippen molar-refractivity contribution in [1.82, 2.24) is 14.9 Å². The summed E-state index contributed by atoms with van der Waals surface area (Å²) >= 11 is 1.35. The first-order chi connectivity index (χ1) is 8.65. The summed E-state index contributed by atoms with van der Waals surface area (Å²) in [5.41, 5.74) is 7.26. The minimum absolute atomic E-state index is 0.0177. The van der Waals surface area contributed by atoms with Crippen LogP contribution in [0.5, 0.6) is 0 Å². The molecule has 0 bridgehead atoms. The van der Waals surface area contributed by atoms with Gasteiger partial charge in [0.15, 0.2) is 5.13 Å². The number of hydrogen-bond donors (Lipinski definition) is 1. The molecule has 0 radical (unpaired) electrons. The van der Waals surface area contributed by atoms with Crippen LogP contribution < -0.4 is 5.73 Å². The van der Waals surface area contributed by atoms with E-state index in [0.29, 0.717) is 11.7 Å². The second-order valence-corrected chi connectivity index (χ2v) is 4.85. The number of pyridine rings is 1. The number of hydrogen-bond acceptors (Lipinski definition) is 5. The fraction of sp³-hybridized carbons (Fsp3) is 0.250. The lowest BCUT2D eigenvalue weighted by molar-refractivity contribution is -0.129. The van der Waals surface area contributed by atoms with Gasteiger partial charge < -0.3 is 10.6 Å². The number of amides is 1. The van der Waals surface area contributed by atoms with Crippen molar-refractivity contribution in [3.8, 4) is 0 Å². The van der Waals surface area contributed by atoms with E-state index >= 15 is 0 Å². The Morgan fingerprint density at radius 3 is 3.00 bits per heavy atom. The molecule has 2 aromatic heterocycles. The van der Waals surface area contributed by atoms with Gasteiger partial charge in [0.25, 0.3) is 0 Å². The van der Waals surface area contributed by atoms with Crippen molar-refractivity contribution in [3.05, 3.63) is 41.2 Å². The number of carbonyl (C=O) groups excluding carboxylic acids is 1. The highest BCUT2D eigenvalue weighted by Crippen LogP contribution is 2.12. The third-order valence-electron chi connectivity index (χ3n) is 2.47. The fourth-order valence-corrected chi connectivity index (χ4v) is 2.11. The molecule has 94 valence electrons. The van der Waals surface area contributed by atoms with Crippen LogP contribution in [-0.4, -0.2) is 27.8 Å². The van der Waals surface area contributed by atoms with Crippen molar-refractivity contribution in [2.45, 2.75) is 13.0 Å². The molecule has 0 aromatic carbocycles. The second kappa shape index (κ2) is 5.59. The van der Waals surface area contributed by atoms with Gasteiger partial charge in [-0.25, -0.2) is 4.98 Å². The van der Waals surface area contributed by atoms with Gasteiger partial charge in [0.1, 0.15) is 0 Å². The first-order valence-corrected chi connectivity index (χ1v) is 6.36. The number of nitrogens with two attached hydrogens (primary N) is 1. The molecule has 0 spiro atoms. The minimum atomic E-state index is 0.0177. The molecule has 18 heavy (non-hydrogen) atoms. The summed E-state index contributed by atoms with van der Waals surface area (Å²) in [6, 6.07) is 3.80. The smallest absolute Gasteiger partial charge is 0.228 e. The predicted octanol–water partition coefficient (Wildman–Crippen LogP) is 1.32. The number of likely N-dealkylation sites (N-methyl/N-ethyl adjacent to an activating group) is 1. The van der Waals surface area contributed by atoms with Crippen LogP contribution in [-0.2, 0) is 17.8 Å². The maximum absolute atomic E-state index is 12.0. The van der Waals surface area contributed by atoms with Crippen molar-refractivity contribution in [1.29, 1.82) is 0 Å². The Morgan fingerprint density at radius 1 is 1.56 bits per heavy atom. The first-order valence-electron chi connectivity index (χ1n) is 5.48. The van der Waals surface area contributed by atoms with Crippen molar-refractivity contribution in [2.75, 3.05) is 12.8 Å². The third kappa shape index (κ3) is 3.27. The van der Waals surface area contributed by atoms with Crippen LogP contribution in [0.2, 0.25) is 0 Å². The molecular formula is C12H14N4OS. The predicted molar refractivity (Wildman–Crippen MR) is 70.9 cm³/mol. The Labute approximate surface area is 109 Å². The van der Waals surface area contributed by atoms with Gasteiger partial charge >= 0.3 is 0 Å². The minimum Gasteiger partial charge on any atom is -0.375 e. The second-order valence-electron chi connectivity index (χ2n) is 3.96. The van der Waals surface area contributed by atoms with Gasteiger partial charge in [-0.05, 0) is 11.6 Å². The molecular weight excluding hydrogens is 248 g/mol. The fourth-order valence-electron chi connectivity index (χ4n) is 1.55. The summed E-state index contributed by atoms with van der Waals surface area (Å²) in [5, 5.41) is 2.30. The van der Waals surface area contributed by atoms with E-state index in [-0.39, 0.29) is 12.3 Å². The van der Waals surface area contributed by atoms with E-state index in [4.69, 9.17) is 5.73 Å². The van der Waals surface area contributed by atoms with Gasteiger partial charge in [-0.3, -0.25) is 9.78 Å². The summed E-state index contributed by atoms with van der Waals surface area (Å²) in [7, 11) is 1.77. The lowest BCUT2D eigenvalue weighted by atomic mass is 10.2. The van der Waals surface area contributed by atoms with Gasteiger partial charge in [0, 0.05) is 31.4 Å². The molecule has 0 aliphatic carbocycles. The number of carbonyl (C=O) groups is 1. The van der Waals surface area contributed by atoms with Crippen molar-refractivity contribution >= 4 is 22.4 Å². The summed E-state index contributed by atoms with van der Waals surface area (Å²) < 4.78 is 0. The summed E-state index contributed by atoms with van der Waals surface area (Å²) in [6.07, 6.45) is 3.75. The SMILES string of the molecule is CN(Cc1cccnc1)C(=O)Cc1csc(N)n1. The van der Waals surface area contributed by atoms with E-state index in [9.17, 15) is 4.79 Å². The highest BCUT2D eigenvalue weighted by atomic mass is 32.1. The van der Waals surface area contributed by atoms with Crippen molar-refractivity contribution in [2.24, 2.45) is 0 Å². The molecule has 0 saturated heterocycles. The summed E-state index contributed by atoms with van der Waals surface area (Å²) in [6.45, 7) is 0.548. The van der Waals surface area contributed by atoms with Crippen molar-refractivity contribution in [3.63, 3.8) is 0 Å². The zero-order valence-corrected chi connectivity index (χ0v) is 10.9. The Hall–Kier alpha value is -1.95. The van der Waals surface area contributed by atoms with Gasteiger partial charge in [-0.1, -0.05) is 6.07 Å². The lowest BCUT2D eigenvalue weighted by Gasteiger charge is -2.16. The summed E-state index contributed by atoms with van der Waals surface area (Å²) in [5.74, 6) is 0.0177. The van der Waals surface area contributed by atoms with Crippen molar-refractivity contribution < 1.29 is 4.79 Å². The van der Waals surface area contributed by atoms with Crippen LogP contribution in [0, 0.1) is 0 Å².